The molecule has 0 aliphatic carbocycles. The summed E-state index contributed by atoms with van der Waals surface area (Å²) >= 11 is 1.53. The van der Waals surface area contributed by atoms with Gasteiger partial charge in [0.1, 0.15) is 0 Å². The second kappa shape index (κ2) is 7.23. The molecule has 1 aromatic heterocycles. The van der Waals surface area contributed by atoms with Crippen LogP contribution >= 0.6 is 11.3 Å². The Morgan fingerprint density at radius 3 is 2.46 bits per heavy atom. The van der Waals surface area contributed by atoms with E-state index in [1.165, 1.54) is 11.3 Å². The van der Waals surface area contributed by atoms with E-state index < -0.39 is 0 Å². The first-order chi connectivity index (χ1) is 11.5. The fourth-order valence-corrected chi connectivity index (χ4v) is 4.97. The van der Waals surface area contributed by atoms with Gasteiger partial charge in [-0.2, -0.15) is 0 Å². The molecule has 24 heavy (non-hydrogen) atoms. The van der Waals surface area contributed by atoms with Crippen LogP contribution in [-0.4, -0.2) is 59.5 Å². The van der Waals surface area contributed by atoms with Gasteiger partial charge >= 0.3 is 0 Å². The summed E-state index contributed by atoms with van der Waals surface area (Å²) < 4.78 is 0. The normalized spacial score (nSPS) is 25.3. The Bertz CT molecular complexity index is 607. The summed E-state index contributed by atoms with van der Waals surface area (Å²) in [5, 5.41) is 9.78. The highest BCUT2D eigenvalue weighted by Crippen LogP contribution is 2.36. The third kappa shape index (κ3) is 3.49. The highest BCUT2D eigenvalue weighted by molar-refractivity contribution is 7.13. The first kappa shape index (κ1) is 17.4. The van der Waals surface area contributed by atoms with Crippen LogP contribution in [0.4, 0.5) is 0 Å². The van der Waals surface area contributed by atoms with Gasteiger partial charge in [-0.15, -0.1) is 11.3 Å². The molecule has 1 aromatic rings. The van der Waals surface area contributed by atoms with E-state index in [1.807, 2.05) is 28.9 Å². The average Bonchev–Trinajstić information content (AvgIpc) is 3.20. The Balaban J connectivity index is 1.64. The van der Waals surface area contributed by atoms with Crippen LogP contribution in [0.2, 0.25) is 0 Å². The standard InChI is InChI=1S/C18H26N2O3S/c1-12-3-4-17(24-12)18(23)20-9-15(11-21)16(10-20)14-5-7-19(8-6-14)13(2)22/h3-4,14-16,21H,5-11H2,1-2H3/t15-,16-/m0/s1. The SMILES string of the molecule is CC(=O)N1CCC([C@@H]2CN(C(=O)c3ccc(C)s3)C[C@H]2CO)CC1. The van der Waals surface area contributed by atoms with Crippen LogP contribution < -0.4 is 0 Å². The molecule has 0 spiro atoms. The van der Waals surface area contributed by atoms with Crippen LogP contribution in [0.15, 0.2) is 12.1 Å². The number of piperidine rings is 1. The van der Waals surface area contributed by atoms with E-state index in [9.17, 15) is 14.7 Å². The minimum Gasteiger partial charge on any atom is -0.396 e. The number of aliphatic hydroxyl groups excluding tert-OH is 1. The van der Waals surface area contributed by atoms with E-state index in [0.29, 0.717) is 18.4 Å². The zero-order valence-electron chi connectivity index (χ0n) is 14.4. The van der Waals surface area contributed by atoms with Gasteiger partial charge in [-0.05, 0) is 43.7 Å². The lowest BCUT2D eigenvalue weighted by molar-refractivity contribution is -0.130. The van der Waals surface area contributed by atoms with Crippen LogP contribution in [-0.2, 0) is 4.79 Å². The molecule has 0 aromatic carbocycles. The number of likely N-dealkylation sites (tertiary alicyclic amines) is 2. The molecule has 3 heterocycles. The van der Waals surface area contributed by atoms with E-state index in [2.05, 4.69) is 0 Å². The average molecular weight is 350 g/mol. The molecule has 0 radical (unpaired) electrons. The monoisotopic (exact) mass is 350 g/mol. The van der Waals surface area contributed by atoms with Gasteiger partial charge in [0.25, 0.3) is 5.91 Å². The number of carbonyl (C=O) groups is 2. The van der Waals surface area contributed by atoms with Gasteiger partial charge < -0.3 is 14.9 Å². The van der Waals surface area contributed by atoms with Crippen molar-refractivity contribution in [2.75, 3.05) is 32.8 Å². The van der Waals surface area contributed by atoms with Crippen LogP contribution in [0.25, 0.3) is 0 Å². The molecule has 2 aliphatic heterocycles. The summed E-state index contributed by atoms with van der Waals surface area (Å²) in [5.41, 5.74) is 0. The van der Waals surface area contributed by atoms with Crippen LogP contribution in [0.1, 0.15) is 34.3 Å². The maximum atomic E-state index is 12.7. The number of hydrogen-bond donors (Lipinski definition) is 1. The molecular formula is C18H26N2O3S. The van der Waals surface area contributed by atoms with E-state index in [-0.39, 0.29) is 24.3 Å². The van der Waals surface area contributed by atoms with E-state index in [0.717, 1.165) is 42.2 Å². The molecule has 0 unspecified atom stereocenters. The number of nitrogens with zero attached hydrogens (tertiary/aromatic N) is 2. The summed E-state index contributed by atoms with van der Waals surface area (Å²) in [5.74, 6) is 1.22. The molecule has 1 N–H and O–H groups in total. The summed E-state index contributed by atoms with van der Waals surface area (Å²) in [6.45, 7) is 6.73. The predicted octanol–water partition coefficient (Wildman–Crippen LogP) is 2.00. The van der Waals surface area contributed by atoms with Gasteiger partial charge in [-0.3, -0.25) is 9.59 Å². The summed E-state index contributed by atoms with van der Waals surface area (Å²) in [7, 11) is 0. The van der Waals surface area contributed by atoms with E-state index >= 15 is 0 Å². The maximum Gasteiger partial charge on any atom is 0.263 e. The van der Waals surface area contributed by atoms with Crippen molar-refractivity contribution in [2.24, 2.45) is 17.8 Å². The zero-order chi connectivity index (χ0) is 17.3. The molecule has 132 valence electrons. The minimum atomic E-state index is 0.0928. The second-order valence-corrected chi connectivity index (χ2v) is 8.36. The Morgan fingerprint density at radius 2 is 1.92 bits per heavy atom. The molecule has 3 rings (SSSR count). The van der Waals surface area contributed by atoms with Gasteiger partial charge in [-0.1, -0.05) is 0 Å². The Hall–Kier alpha value is -1.40. The summed E-state index contributed by atoms with van der Waals surface area (Å²) in [6.07, 6.45) is 1.95. The predicted molar refractivity (Wildman–Crippen MR) is 94.0 cm³/mol. The first-order valence-electron chi connectivity index (χ1n) is 8.71. The number of thiophene rings is 1. The van der Waals surface area contributed by atoms with Crippen LogP contribution in [0.3, 0.4) is 0 Å². The van der Waals surface area contributed by atoms with Crippen molar-refractivity contribution >= 4 is 23.2 Å². The largest absolute Gasteiger partial charge is 0.396 e. The minimum absolute atomic E-state index is 0.0928. The van der Waals surface area contributed by atoms with Crippen molar-refractivity contribution < 1.29 is 14.7 Å². The van der Waals surface area contributed by atoms with Crippen LogP contribution in [0.5, 0.6) is 0 Å². The number of aryl methyl sites for hydroxylation is 1. The molecule has 2 atom stereocenters. The van der Waals surface area contributed by atoms with Crippen molar-refractivity contribution in [1.82, 2.24) is 9.80 Å². The van der Waals surface area contributed by atoms with E-state index in [1.54, 1.807) is 6.92 Å². The van der Waals surface area contributed by atoms with Crippen molar-refractivity contribution in [3.05, 3.63) is 21.9 Å². The highest BCUT2D eigenvalue weighted by atomic mass is 32.1. The lowest BCUT2D eigenvalue weighted by Gasteiger charge is -2.35. The third-order valence-corrected chi connectivity index (χ3v) is 6.54. The van der Waals surface area contributed by atoms with Gasteiger partial charge in [0.2, 0.25) is 5.91 Å². The Labute approximate surface area is 147 Å². The molecule has 5 nitrogen and oxygen atoms in total. The number of carbonyl (C=O) groups excluding carboxylic acids is 2. The fourth-order valence-electron chi connectivity index (χ4n) is 4.14. The zero-order valence-corrected chi connectivity index (χ0v) is 15.2. The lowest BCUT2D eigenvalue weighted by atomic mass is 9.79. The van der Waals surface area contributed by atoms with Gasteiger partial charge in [0.15, 0.2) is 0 Å². The molecule has 2 aliphatic rings. The topological polar surface area (TPSA) is 60.9 Å². The van der Waals surface area contributed by atoms with Crippen molar-refractivity contribution in [2.45, 2.75) is 26.7 Å². The number of aliphatic hydroxyl groups is 1. The Morgan fingerprint density at radius 1 is 1.21 bits per heavy atom. The van der Waals surface area contributed by atoms with Crippen molar-refractivity contribution in [3.8, 4) is 0 Å². The molecule has 6 heteroatoms. The second-order valence-electron chi connectivity index (χ2n) is 7.07. The third-order valence-electron chi connectivity index (χ3n) is 5.55. The highest BCUT2D eigenvalue weighted by Gasteiger charge is 2.40. The van der Waals surface area contributed by atoms with Crippen molar-refractivity contribution in [3.63, 3.8) is 0 Å². The quantitative estimate of drug-likeness (QED) is 0.907. The molecule has 0 bridgehead atoms. The van der Waals surface area contributed by atoms with Crippen LogP contribution in [0, 0.1) is 24.7 Å². The maximum absolute atomic E-state index is 12.7. The number of hydrogen-bond acceptors (Lipinski definition) is 4. The smallest absolute Gasteiger partial charge is 0.263 e. The summed E-state index contributed by atoms with van der Waals surface area (Å²) in [4.78, 5) is 29.9. The van der Waals surface area contributed by atoms with Gasteiger partial charge in [0, 0.05) is 50.5 Å². The molecule has 2 fully saturated rings. The van der Waals surface area contributed by atoms with Crippen molar-refractivity contribution in [1.29, 1.82) is 0 Å². The molecule has 0 saturated carbocycles. The lowest BCUT2D eigenvalue weighted by Crippen LogP contribution is -2.40. The summed E-state index contributed by atoms with van der Waals surface area (Å²) in [6, 6.07) is 3.88. The molecule has 2 amide bonds. The Kier molecular flexibility index (Phi) is 5.25. The number of amides is 2. The molecule has 2 saturated heterocycles. The van der Waals surface area contributed by atoms with Gasteiger partial charge in [-0.25, -0.2) is 0 Å². The fraction of sp³-hybridized carbons (Fsp3) is 0.667. The van der Waals surface area contributed by atoms with Gasteiger partial charge in [0.05, 0.1) is 4.88 Å². The van der Waals surface area contributed by atoms with E-state index in [4.69, 9.17) is 0 Å². The molecular weight excluding hydrogens is 324 g/mol. The first-order valence-corrected chi connectivity index (χ1v) is 9.53. The number of rotatable bonds is 3.